The van der Waals surface area contributed by atoms with Gasteiger partial charge in [0.2, 0.25) is 0 Å². The fourth-order valence-electron chi connectivity index (χ4n) is 2.03. The molecule has 2 heterocycles. The summed E-state index contributed by atoms with van der Waals surface area (Å²) in [5, 5.41) is 3.52. The molecule has 0 saturated carbocycles. The van der Waals surface area contributed by atoms with Crippen LogP contribution in [0.5, 0.6) is 5.75 Å². The van der Waals surface area contributed by atoms with Gasteiger partial charge in [-0.05, 0) is 30.7 Å². The van der Waals surface area contributed by atoms with E-state index in [2.05, 4.69) is 14.4 Å². The molecule has 1 aliphatic heterocycles. The highest BCUT2D eigenvalue weighted by molar-refractivity contribution is 7.92. The van der Waals surface area contributed by atoms with Crippen LogP contribution in [-0.2, 0) is 16.4 Å². The second-order valence-electron chi connectivity index (χ2n) is 4.39. The summed E-state index contributed by atoms with van der Waals surface area (Å²) in [5.74, 6) is 0.901. The van der Waals surface area contributed by atoms with Crippen LogP contribution in [0.2, 0.25) is 0 Å². The molecule has 7 heteroatoms. The molecule has 0 bridgehead atoms. The molecule has 6 nitrogen and oxygen atoms in total. The molecular formula is C12H12N2O4S. The minimum absolute atomic E-state index is 0.0800. The largest absolute Gasteiger partial charge is 0.490 e. The normalized spacial score (nSPS) is 17.8. The van der Waals surface area contributed by atoms with Crippen LogP contribution in [0.4, 0.5) is 5.82 Å². The number of sulfonamides is 1. The van der Waals surface area contributed by atoms with Crippen molar-refractivity contribution in [2.75, 3.05) is 4.72 Å². The zero-order valence-electron chi connectivity index (χ0n) is 10.2. The average molecular weight is 280 g/mol. The van der Waals surface area contributed by atoms with Crippen LogP contribution in [0.3, 0.4) is 0 Å². The molecule has 1 aromatic heterocycles. The van der Waals surface area contributed by atoms with E-state index in [1.54, 1.807) is 12.1 Å². The van der Waals surface area contributed by atoms with Gasteiger partial charge in [0.1, 0.15) is 18.1 Å². The van der Waals surface area contributed by atoms with E-state index >= 15 is 0 Å². The van der Waals surface area contributed by atoms with Crippen LogP contribution in [0.25, 0.3) is 0 Å². The van der Waals surface area contributed by atoms with E-state index in [0.717, 1.165) is 11.3 Å². The van der Waals surface area contributed by atoms with Gasteiger partial charge in [0.15, 0.2) is 5.82 Å². The second-order valence-corrected chi connectivity index (χ2v) is 6.07. The van der Waals surface area contributed by atoms with Crippen LogP contribution in [0.15, 0.2) is 39.9 Å². The van der Waals surface area contributed by atoms with Gasteiger partial charge >= 0.3 is 0 Å². The quantitative estimate of drug-likeness (QED) is 0.927. The van der Waals surface area contributed by atoms with Crippen molar-refractivity contribution in [3.8, 4) is 5.75 Å². The molecule has 1 N–H and O–H groups in total. The van der Waals surface area contributed by atoms with Gasteiger partial charge in [0.25, 0.3) is 10.0 Å². The number of hydrogen-bond acceptors (Lipinski definition) is 5. The van der Waals surface area contributed by atoms with Crippen molar-refractivity contribution >= 4 is 15.8 Å². The fraction of sp³-hybridized carbons (Fsp3) is 0.250. The molecular weight excluding hydrogens is 268 g/mol. The molecule has 0 spiro atoms. The van der Waals surface area contributed by atoms with Gasteiger partial charge in [-0.1, -0.05) is 5.16 Å². The molecule has 2 aromatic rings. The summed E-state index contributed by atoms with van der Waals surface area (Å²) in [6, 6.07) is 6.26. The lowest BCUT2D eigenvalue weighted by atomic mass is 10.1. The Hall–Kier alpha value is -2.02. The third-order valence-corrected chi connectivity index (χ3v) is 4.21. The molecule has 3 rings (SSSR count). The Balaban J connectivity index is 1.92. The van der Waals surface area contributed by atoms with Gasteiger partial charge < -0.3 is 9.26 Å². The molecule has 100 valence electrons. The molecule has 1 aliphatic rings. The third kappa shape index (κ3) is 2.28. The van der Waals surface area contributed by atoms with Crippen molar-refractivity contribution in [3.63, 3.8) is 0 Å². The van der Waals surface area contributed by atoms with Crippen molar-refractivity contribution in [2.24, 2.45) is 0 Å². The van der Waals surface area contributed by atoms with E-state index in [1.165, 1.54) is 18.4 Å². The number of hydrogen-bond donors (Lipinski definition) is 1. The molecule has 1 atom stereocenters. The predicted molar refractivity (Wildman–Crippen MR) is 67.5 cm³/mol. The van der Waals surface area contributed by atoms with Gasteiger partial charge in [-0.3, -0.25) is 4.72 Å². The van der Waals surface area contributed by atoms with E-state index in [-0.39, 0.29) is 16.8 Å². The summed E-state index contributed by atoms with van der Waals surface area (Å²) >= 11 is 0. The Morgan fingerprint density at radius 1 is 1.37 bits per heavy atom. The molecule has 0 radical (unpaired) electrons. The number of rotatable bonds is 3. The maximum atomic E-state index is 12.1. The highest BCUT2D eigenvalue weighted by Crippen LogP contribution is 2.31. The summed E-state index contributed by atoms with van der Waals surface area (Å²) in [5.41, 5.74) is 0.899. The first kappa shape index (κ1) is 12.0. The lowest BCUT2D eigenvalue weighted by Crippen LogP contribution is -2.13. The smallest absolute Gasteiger partial charge is 0.263 e. The Morgan fingerprint density at radius 3 is 2.95 bits per heavy atom. The number of fused-ring (bicyclic) bond motifs is 1. The van der Waals surface area contributed by atoms with Crippen LogP contribution >= 0.6 is 0 Å². The Kier molecular flexibility index (Phi) is 2.70. The first-order valence-electron chi connectivity index (χ1n) is 5.77. The summed E-state index contributed by atoms with van der Waals surface area (Å²) in [4.78, 5) is 0.187. The zero-order valence-corrected chi connectivity index (χ0v) is 11.0. The Bertz CT molecular complexity index is 695. The van der Waals surface area contributed by atoms with Crippen molar-refractivity contribution in [1.29, 1.82) is 0 Å². The molecule has 0 saturated heterocycles. The lowest BCUT2D eigenvalue weighted by Gasteiger charge is -2.06. The number of aromatic nitrogens is 1. The first-order chi connectivity index (χ1) is 9.04. The minimum atomic E-state index is -3.65. The average Bonchev–Trinajstić information content (AvgIpc) is 2.95. The van der Waals surface area contributed by atoms with Gasteiger partial charge in [0, 0.05) is 12.5 Å². The second kappa shape index (κ2) is 4.27. The molecule has 0 unspecified atom stereocenters. The first-order valence-corrected chi connectivity index (χ1v) is 7.26. The van der Waals surface area contributed by atoms with Crippen LogP contribution in [0.1, 0.15) is 12.5 Å². The van der Waals surface area contributed by atoms with E-state index in [4.69, 9.17) is 4.74 Å². The summed E-state index contributed by atoms with van der Waals surface area (Å²) in [6.07, 6.45) is 2.09. The predicted octanol–water partition coefficient (Wildman–Crippen LogP) is 1.80. The van der Waals surface area contributed by atoms with Gasteiger partial charge in [0.05, 0.1) is 4.90 Å². The number of nitrogens with one attached hydrogen (secondary N) is 1. The maximum Gasteiger partial charge on any atom is 0.263 e. The highest BCUT2D eigenvalue weighted by Gasteiger charge is 2.23. The van der Waals surface area contributed by atoms with E-state index in [0.29, 0.717) is 6.42 Å². The van der Waals surface area contributed by atoms with Gasteiger partial charge in [-0.2, -0.15) is 0 Å². The highest BCUT2D eigenvalue weighted by atomic mass is 32.2. The number of ether oxygens (including phenoxy) is 1. The molecule has 1 aromatic carbocycles. The Morgan fingerprint density at radius 2 is 2.21 bits per heavy atom. The van der Waals surface area contributed by atoms with E-state index in [1.807, 2.05) is 6.92 Å². The van der Waals surface area contributed by atoms with Crippen LogP contribution in [0, 0.1) is 0 Å². The number of nitrogens with zero attached hydrogens (tertiary/aromatic N) is 1. The van der Waals surface area contributed by atoms with Crippen LogP contribution in [-0.4, -0.2) is 19.7 Å². The monoisotopic (exact) mass is 280 g/mol. The zero-order chi connectivity index (χ0) is 13.5. The van der Waals surface area contributed by atoms with Crippen LogP contribution < -0.4 is 9.46 Å². The summed E-state index contributed by atoms with van der Waals surface area (Å²) < 4.78 is 36.8. The molecule has 19 heavy (non-hydrogen) atoms. The van der Waals surface area contributed by atoms with Crippen molar-refractivity contribution < 1.29 is 17.7 Å². The molecule has 0 amide bonds. The standard InChI is InChI=1S/C12H12N2O4S/c1-8-6-9-7-10(2-3-11(9)18-8)19(15,16)14-12-4-5-17-13-12/h2-5,7-8H,6H2,1H3,(H,13,14)/t8-/m0/s1. The van der Waals surface area contributed by atoms with Gasteiger partial charge in [-0.15, -0.1) is 0 Å². The van der Waals surface area contributed by atoms with E-state index < -0.39 is 10.0 Å². The van der Waals surface area contributed by atoms with Crippen molar-refractivity contribution in [2.45, 2.75) is 24.3 Å². The van der Waals surface area contributed by atoms with Crippen molar-refractivity contribution in [3.05, 3.63) is 36.1 Å². The van der Waals surface area contributed by atoms with E-state index in [9.17, 15) is 8.42 Å². The Labute approximate surface area is 110 Å². The summed E-state index contributed by atoms with van der Waals surface area (Å²) in [7, 11) is -3.65. The number of benzene rings is 1. The third-order valence-electron chi connectivity index (χ3n) is 2.85. The lowest BCUT2D eigenvalue weighted by molar-refractivity contribution is 0.254. The minimum Gasteiger partial charge on any atom is -0.490 e. The van der Waals surface area contributed by atoms with Crippen molar-refractivity contribution in [1.82, 2.24) is 5.16 Å². The SMILES string of the molecule is C[C@H]1Cc2cc(S(=O)(=O)Nc3ccon3)ccc2O1. The summed E-state index contributed by atoms with van der Waals surface area (Å²) in [6.45, 7) is 1.95. The maximum absolute atomic E-state index is 12.1. The molecule has 0 aliphatic carbocycles. The fourth-order valence-corrected chi connectivity index (χ4v) is 3.07. The number of anilines is 1. The molecule has 0 fully saturated rings. The van der Waals surface area contributed by atoms with Gasteiger partial charge in [-0.25, -0.2) is 8.42 Å². The topological polar surface area (TPSA) is 81.4 Å².